The summed E-state index contributed by atoms with van der Waals surface area (Å²) in [7, 11) is -2.20. The summed E-state index contributed by atoms with van der Waals surface area (Å²) in [5.74, 6) is 1.32. The lowest BCUT2D eigenvalue weighted by atomic mass is 9.75. The molecule has 0 N–H and O–H groups in total. The molecule has 1 nitrogen and oxygen atoms in total. The zero-order chi connectivity index (χ0) is 9.35. The molecule has 9 heavy (non-hydrogen) atoms. The standard InChI is InChI=1S/C8H16O/c1-6(2)7-4-8(5-7)9-3/h6-8H,4-5H2,1-3H3/i3D3. The quantitative estimate of drug-likeness (QED) is 0.557. The van der Waals surface area contributed by atoms with E-state index < -0.39 is 7.04 Å². The third-order valence-corrected chi connectivity index (χ3v) is 2.24. The van der Waals surface area contributed by atoms with E-state index in [1.54, 1.807) is 0 Å². The van der Waals surface area contributed by atoms with Gasteiger partial charge in [0.2, 0.25) is 0 Å². The van der Waals surface area contributed by atoms with Gasteiger partial charge in [-0.15, -0.1) is 0 Å². The van der Waals surface area contributed by atoms with Gasteiger partial charge in [0.1, 0.15) is 0 Å². The van der Waals surface area contributed by atoms with Gasteiger partial charge in [0.25, 0.3) is 0 Å². The molecule has 1 aliphatic rings. The Balaban J connectivity index is 2.18. The second kappa shape index (κ2) is 2.70. The van der Waals surface area contributed by atoms with Crippen LogP contribution in [0.3, 0.4) is 0 Å². The first-order chi connectivity index (χ1) is 5.38. The fourth-order valence-electron chi connectivity index (χ4n) is 1.25. The molecule has 1 aliphatic carbocycles. The van der Waals surface area contributed by atoms with E-state index in [1.165, 1.54) is 0 Å². The summed E-state index contributed by atoms with van der Waals surface area (Å²) in [6.07, 6.45) is 1.80. The minimum Gasteiger partial charge on any atom is -0.381 e. The van der Waals surface area contributed by atoms with Crippen molar-refractivity contribution in [2.24, 2.45) is 11.8 Å². The van der Waals surface area contributed by atoms with E-state index in [0.717, 1.165) is 12.8 Å². The topological polar surface area (TPSA) is 9.23 Å². The maximum Gasteiger partial charge on any atom is 0.0576 e. The summed E-state index contributed by atoms with van der Waals surface area (Å²) in [5.41, 5.74) is 0. The molecular weight excluding hydrogens is 112 g/mol. The van der Waals surface area contributed by atoms with Crippen LogP contribution in [0.1, 0.15) is 30.8 Å². The predicted octanol–water partition coefficient (Wildman–Crippen LogP) is 2.07. The van der Waals surface area contributed by atoms with Gasteiger partial charge in [-0.25, -0.2) is 0 Å². The van der Waals surface area contributed by atoms with Gasteiger partial charge in [0.05, 0.1) is 10.2 Å². The van der Waals surface area contributed by atoms with Crippen LogP contribution in [0, 0.1) is 11.8 Å². The summed E-state index contributed by atoms with van der Waals surface area (Å²) in [6.45, 7) is 4.33. The number of hydrogen-bond acceptors (Lipinski definition) is 1. The number of hydrogen-bond donors (Lipinski definition) is 0. The highest BCUT2D eigenvalue weighted by molar-refractivity contribution is 4.81. The van der Waals surface area contributed by atoms with Crippen molar-refractivity contribution in [1.82, 2.24) is 0 Å². The van der Waals surface area contributed by atoms with Crippen molar-refractivity contribution in [3.8, 4) is 0 Å². The van der Waals surface area contributed by atoms with E-state index in [4.69, 9.17) is 8.85 Å². The molecule has 0 aromatic carbocycles. The Morgan fingerprint density at radius 2 is 2.22 bits per heavy atom. The van der Waals surface area contributed by atoms with Crippen molar-refractivity contribution in [1.29, 1.82) is 0 Å². The van der Waals surface area contributed by atoms with Gasteiger partial charge in [0, 0.05) is 7.04 Å². The second-order valence-electron chi connectivity index (χ2n) is 3.22. The Morgan fingerprint density at radius 1 is 1.56 bits per heavy atom. The lowest BCUT2D eigenvalue weighted by Gasteiger charge is -2.36. The van der Waals surface area contributed by atoms with E-state index in [-0.39, 0.29) is 6.10 Å². The molecule has 54 valence electrons. The molecule has 0 spiro atoms. The Morgan fingerprint density at radius 3 is 2.67 bits per heavy atom. The molecule has 1 fully saturated rings. The van der Waals surface area contributed by atoms with Crippen LogP contribution >= 0.6 is 0 Å². The van der Waals surface area contributed by atoms with E-state index in [1.807, 2.05) is 0 Å². The molecule has 0 aromatic rings. The van der Waals surface area contributed by atoms with Gasteiger partial charge in [-0.3, -0.25) is 0 Å². The van der Waals surface area contributed by atoms with Crippen molar-refractivity contribution in [3.63, 3.8) is 0 Å². The molecule has 0 heterocycles. The fraction of sp³-hybridized carbons (Fsp3) is 1.00. The van der Waals surface area contributed by atoms with Crippen LogP contribution < -0.4 is 0 Å². The Hall–Kier alpha value is -0.0400. The van der Waals surface area contributed by atoms with E-state index in [2.05, 4.69) is 13.8 Å². The molecule has 0 saturated heterocycles. The highest BCUT2D eigenvalue weighted by Gasteiger charge is 2.30. The second-order valence-corrected chi connectivity index (χ2v) is 3.22. The molecule has 0 aliphatic heterocycles. The molecule has 1 saturated carbocycles. The van der Waals surface area contributed by atoms with E-state index in [9.17, 15) is 0 Å². The van der Waals surface area contributed by atoms with Crippen LogP contribution in [-0.4, -0.2) is 13.1 Å². The van der Waals surface area contributed by atoms with Gasteiger partial charge in [-0.05, 0) is 24.7 Å². The van der Waals surface area contributed by atoms with Crippen LogP contribution in [0.2, 0.25) is 0 Å². The van der Waals surface area contributed by atoms with Gasteiger partial charge in [-0.1, -0.05) is 13.8 Å². The highest BCUT2D eigenvalue weighted by Crippen LogP contribution is 2.34. The molecule has 0 unspecified atom stereocenters. The van der Waals surface area contributed by atoms with Crippen molar-refractivity contribution >= 4 is 0 Å². The van der Waals surface area contributed by atoms with Gasteiger partial charge < -0.3 is 4.74 Å². The normalized spacial score (nSPS) is 41.0. The summed E-state index contributed by atoms with van der Waals surface area (Å²) in [5, 5.41) is 0. The number of ether oxygens (including phenoxy) is 1. The van der Waals surface area contributed by atoms with Gasteiger partial charge in [-0.2, -0.15) is 0 Å². The van der Waals surface area contributed by atoms with Crippen LogP contribution in [-0.2, 0) is 4.74 Å². The molecule has 0 bridgehead atoms. The summed E-state index contributed by atoms with van der Waals surface area (Å²) in [6, 6.07) is 0. The summed E-state index contributed by atoms with van der Waals surface area (Å²) < 4.78 is 25.5. The van der Waals surface area contributed by atoms with Crippen molar-refractivity contribution in [3.05, 3.63) is 0 Å². The average molecular weight is 131 g/mol. The molecule has 0 radical (unpaired) electrons. The lowest BCUT2D eigenvalue weighted by Crippen LogP contribution is -2.33. The average Bonchev–Trinajstić information content (AvgIpc) is 1.74. The molecule has 1 heteroatoms. The third kappa shape index (κ3) is 1.45. The number of methoxy groups -OCH3 is 1. The molecule has 1 rings (SSSR count). The predicted molar refractivity (Wildman–Crippen MR) is 38.4 cm³/mol. The van der Waals surface area contributed by atoms with E-state index >= 15 is 0 Å². The Kier molecular flexibility index (Phi) is 1.19. The summed E-state index contributed by atoms with van der Waals surface area (Å²) >= 11 is 0. The first-order valence-electron chi connectivity index (χ1n) is 5.06. The van der Waals surface area contributed by atoms with Crippen molar-refractivity contribution in [2.45, 2.75) is 32.8 Å². The zero-order valence-corrected chi connectivity index (χ0v) is 6.05. The number of rotatable bonds is 2. The fourth-order valence-corrected chi connectivity index (χ4v) is 1.25. The largest absolute Gasteiger partial charge is 0.381 e. The molecule has 0 atom stereocenters. The molecule has 0 aromatic heterocycles. The molecule has 0 amide bonds. The maximum absolute atomic E-state index is 6.88. The van der Waals surface area contributed by atoms with Gasteiger partial charge >= 0.3 is 0 Å². The Labute approximate surface area is 61.6 Å². The van der Waals surface area contributed by atoms with Crippen LogP contribution in [0.15, 0.2) is 0 Å². The zero-order valence-electron chi connectivity index (χ0n) is 9.05. The monoisotopic (exact) mass is 131 g/mol. The highest BCUT2D eigenvalue weighted by atomic mass is 16.5. The van der Waals surface area contributed by atoms with Crippen molar-refractivity contribution in [2.75, 3.05) is 7.04 Å². The third-order valence-electron chi connectivity index (χ3n) is 2.24. The maximum atomic E-state index is 6.88. The van der Waals surface area contributed by atoms with Crippen molar-refractivity contribution < 1.29 is 8.85 Å². The van der Waals surface area contributed by atoms with Gasteiger partial charge in [0.15, 0.2) is 0 Å². The SMILES string of the molecule is [2H]C([2H])([2H])OC1CC(C(C)C)C1. The van der Waals surface area contributed by atoms with Crippen LogP contribution in [0.5, 0.6) is 0 Å². The van der Waals surface area contributed by atoms with Crippen LogP contribution in [0.4, 0.5) is 0 Å². The summed E-state index contributed by atoms with van der Waals surface area (Å²) in [4.78, 5) is 0. The van der Waals surface area contributed by atoms with Crippen LogP contribution in [0.25, 0.3) is 0 Å². The Bertz CT molecular complexity index is 147. The van der Waals surface area contributed by atoms with E-state index in [0.29, 0.717) is 11.8 Å². The first kappa shape index (κ1) is 3.97. The lowest BCUT2D eigenvalue weighted by molar-refractivity contribution is -0.0146. The minimum absolute atomic E-state index is 0.0232. The first-order valence-corrected chi connectivity index (χ1v) is 3.56. The molecular formula is C8H16O. The smallest absolute Gasteiger partial charge is 0.0576 e. The minimum atomic E-state index is -2.20.